The molecular weight excluding hydrogens is 978 g/mol. The minimum Gasteiger partial charge on any atom is -0.477 e. The summed E-state index contributed by atoms with van der Waals surface area (Å²) in [6, 6.07) is 5.36. The Bertz CT molecular complexity index is 2150. The lowest BCUT2D eigenvalue weighted by molar-refractivity contribution is -0.310. The van der Waals surface area contributed by atoms with Gasteiger partial charge in [0.2, 0.25) is 46.6 Å². The zero-order valence-electron chi connectivity index (χ0n) is 39.3. The number of halogens is 5. The molecule has 1 saturated heterocycles. The molecule has 22 nitrogen and oxygen atoms in total. The Labute approximate surface area is 409 Å². The molecule has 2 amide bonds. The number of aliphatic hydroxyl groups excluding tert-OH is 4. The van der Waals surface area contributed by atoms with E-state index in [1.807, 2.05) is 0 Å². The van der Waals surface area contributed by atoms with Crippen molar-refractivity contribution in [2.75, 3.05) is 86.3 Å². The lowest BCUT2D eigenvalue weighted by Gasteiger charge is -2.46. The van der Waals surface area contributed by atoms with Crippen molar-refractivity contribution in [2.45, 2.75) is 87.7 Å². The first-order valence-corrected chi connectivity index (χ1v) is 22.8. The molecule has 0 unspecified atom stereocenters. The third-order valence-corrected chi connectivity index (χ3v) is 10.8. The number of carboxylic acids is 1. The number of carbonyl (C=O) groups is 4. The quantitative estimate of drug-likeness (QED) is 0.0108. The minimum atomic E-state index is -2.45. The van der Waals surface area contributed by atoms with Crippen molar-refractivity contribution in [3.05, 3.63) is 65.1 Å². The van der Waals surface area contributed by atoms with Gasteiger partial charge in [-0.1, -0.05) is 42.3 Å². The van der Waals surface area contributed by atoms with E-state index < -0.39 is 121 Å². The summed E-state index contributed by atoms with van der Waals surface area (Å²) in [7, 11) is 1.58. The molecule has 72 heavy (non-hydrogen) atoms. The number of aliphatic hydroxyl groups is 4. The first kappa shape index (κ1) is 59.2. The largest absolute Gasteiger partial charge is 0.477 e. The highest BCUT2D eigenvalue weighted by Crippen LogP contribution is 2.34. The summed E-state index contributed by atoms with van der Waals surface area (Å²) in [5.41, 5.74) is 1.83. The minimum absolute atomic E-state index is 0.0245. The average molecular weight is 1040 g/mol. The topological polar surface area (TPSA) is 298 Å². The second-order valence-corrected chi connectivity index (χ2v) is 16.1. The second-order valence-electron chi connectivity index (χ2n) is 16.1. The summed E-state index contributed by atoms with van der Waals surface area (Å²) in [6.07, 6.45) is -4.06. The first-order chi connectivity index (χ1) is 34.5. The van der Waals surface area contributed by atoms with E-state index in [9.17, 15) is 66.7 Å². The van der Waals surface area contributed by atoms with Gasteiger partial charge in [0.25, 0.3) is 5.79 Å². The van der Waals surface area contributed by atoms with Crippen LogP contribution in [0.25, 0.3) is 11.3 Å². The Morgan fingerprint density at radius 2 is 1.39 bits per heavy atom. The van der Waals surface area contributed by atoms with E-state index in [0.717, 1.165) is 12.8 Å². The number of methoxy groups -OCH3 is 1. The normalized spacial score (nSPS) is 18.7. The number of hydrogen-bond donors (Lipinski definition) is 7. The molecular formula is C45H60F5N5O17. The monoisotopic (exact) mass is 1040 g/mol. The number of rotatable bonds is 34. The van der Waals surface area contributed by atoms with E-state index in [2.05, 4.69) is 25.7 Å². The molecule has 0 spiro atoms. The molecule has 1 aliphatic heterocycles. The molecule has 0 aliphatic carbocycles. The number of aliphatic carboxylic acids is 1. The lowest BCUT2D eigenvalue weighted by Crippen LogP contribution is -2.68. The van der Waals surface area contributed by atoms with E-state index in [-0.39, 0.29) is 59.3 Å². The van der Waals surface area contributed by atoms with Crippen molar-refractivity contribution >= 4 is 23.8 Å². The second kappa shape index (κ2) is 30.6. The van der Waals surface area contributed by atoms with Gasteiger partial charge in [-0.25, -0.2) is 22.6 Å². The van der Waals surface area contributed by atoms with Crippen LogP contribution in [0, 0.1) is 29.1 Å². The molecule has 0 radical (unpaired) electrons. The van der Waals surface area contributed by atoms with Crippen LogP contribution >= 0.6 is 0 Å². The number of carboxylic acid groups (broad SMARTS) is 1. The highest BCUT2D eigenvalue weighted by atomic mass is 19.2. The Hall–Kier alpha value is -5.33. The summed E-state index contributed by atoms with van der Waals surface area (Å²) in [4.78, 5) is 49.2. The van der Waals surface area contributed by atoms with Gasteiger partial charge in [0.15, 0.2) is 0 Å². The fraction of sp³-hybridized carbons (Fsp3) is 0.600. The molecule has 402 valence electrons. The number of amides is 2. The summed E-state index contributed by atoms with van der Waals surface area (Å²) < 4.78 is 111. The molecule has 3 aromatic rings. The van der Waals surface area contributed by atoms with Crippen molar-refractivity contribution < 1.29 is 105 Å². The number of nitrogens with zero attached hydrogens (tertiary/aromatic N) is 3. The zero-order valence-corrected chi connectivity index (χ0v) is 39.3. The van der Waals surface area contributed by atoms with E-state index >= 15 is 0 Å². The standard InChI is InChI=1S/C45H60F5N5O17/c1-65-12-4-2-3-5-13-70-45(44(63)64)23-30(57)40(52-33(60)26-56)43(72-45)41(62)31(58)24-51-32(59)22-27-6-8-28(9-7-27)29-25-55(54-53-29)11-15-67-17-19-69-21-20-68-18-16-66-14-10-34(61)71-42-38(49)36(47)35(46)37(48)39(42)50/h6-9,25,30-31,40-41,43,56-58,62H,2-5,10-24,26H2,1H3,(H,51,59)(H,52,60)(H,63,64)/t30-,31+,40+,41+,43+,45+/m0/s1. The summed E-state index contributed by atoms with van der Waals surface area (Å²) >= 11 is 0. The molecule has 0 saturated carbocycles. The SMILES string of the molecule is COCCCCCCO[C@]1(C(=O)O)C[C@H](O)[C@@H](NC(=O)CO)[C@H]([C@H](O)[C@H](O)CNC(=O)Cc2ccc(-c3cn(CCOCCOCCOCCOCCC(=O)Oc4c(F)c(F)c(F)c(F)c4F)nn3)cc2)O1. The van der Waals surface area contributed by atoms with Crippen molar-refractivity contribution in [1.29, 1.82) is 0 Å². The Kier molecular flexibility index (Phi) is 25.2. The molecule has 1 fully saturated rings. The Balaban J connectivity index is 1.09. The van der Waals surface area contributed by atoms with Gasteiger partial charge in [-0.3, -0.25) is 14.4 Å². The average Bonchev–Trinajstić information content (AvgIpc) is 3.85. The molecule has 0 bridgehead atoms. The predicted octanol–water partition coefficient (Wildman–Crippen LogP) is 0.714. The van der Waals surface area contributed by atoms with Crippen LogP contribution in [0.1, 0.15) is 44.1 Å². The summed E-state index contributed by atoms with van der Waals surface area (Å²) in [5.74, 6) is -19.9. The molecule has 6 atom stereocenters. The smallest absolute Gasteiger partial charge is 0.364 e. The van der Waals surface area contributed by atoms with Crippen LogP contribution in [0.4, 0.5) is 22.0 Å². The van der Waals surface area contributed by atoms with Gasteiger partial charge >= 0.3 is 11.9 Å². The third-order valence-electron chi connectivity index (χ3n) is 10.8. The van der Waals surface area contributed by atoms with Crippen LogP contribution in [0.3, 0.4) is 0 Å². The number of hydrogen-bond acceptors (Lipinski definition) is 18. The number of unbranched alkanes of at least 4 members (excludes halogenated alkanes) is 3. The van der Waals surface area contributed by atoms with Crippen LogP contribution in [-0.2, 0) is 65.3 Å². The van der Waals surface area contributed by atoms with Gasteiger partial charge in [-0.2, -0.15) is 8.78 Å². The van der Waals surface area contributed by atoms with Crippen molar-refractivity contribution in [3.63, 3.8) is 0 Å². The maximum atomic E-state index is 13.6. The Morgan fingerprint density at radius 1 is 0.806 bits per heavy atom. The summed E-state index contributed by atoms with van der Waals surface area (Å²) in [5, 5.41) is 65.6. The molecule has 1 aromatic heterocycles. The van der Waals surface area contributed by atoms with Crippen LogP contribution < -0.4 is 15.4 Å². The maximum Gasteiger partial charge on any atom is 0.364 e. The van der Waals surface area contributed by atoms with Gasteiger partial charge in [0, 0.05) is 32.2 Å². The number of benzene rings is 2. The number of ether oxygens (including phenoxy) is 8. The predicted molar refractivity (Wildman–Crippen MR) is 235 cm³/mol. The van der Waals surface area contributed by atoms with Crippen molar-refractivity contribution in [2.24, 2.45) is 0 Å². The van der Waals surface area contributed by atoms with Gasteiger partial charge in [-0.05, 0) is 18.4 Å². The van der Waals surface area contributed by atoms with E-state index in [0.29, 0.717) is 49.4 Å². The fourth-order valence-electron chi connectivity index (χ4n) is 6.94. The van der Waals surface area contributed by atoms with Gasteiger partial charge in [0.05, 0.1) is 103 Å². The Morgan fingerprint density at radius 3 is 1.99 bits per heavy atom. The molecule has 27 heteroatoms. The number of nitrogens with one attached hydrogen (secondary N) is 2. The molecule has 1 aliphatic rings. The van der Waals surface area contributed by atoms with Gasteiger partial charge in [0.1, 0.15) is 24.5 Å². The van der Waals surface area contributed by atoms with Crippen LogP contribution in [0.5, 0.6) is 5.75 Å². The zero-order chi connectivity index (χ0) is 52.6. The van der Waals surface area contributed by atoms with Gasteiger partial charge < -0.3 is 74.1 Å². The molecule has 7 N–H and O–H groups in total. The van der Waals surface area contributed by atoms with E-state index in [4.69, 9.17) is 33.2 Å². The molecule has 2 aromatic carbocycles. The number of aromatic nitrogens is 3. The molecule has 2 heterocycles. The summed E-state index contributed by atoms with van der Waals surface area (Å²) in [6.45, 7) is 0.437. The van der Waals surface area contributed by atoms with Crippen LogP contribution in [-0.4, -0.2) is 187 Å². The highest BCUT2D eigenvalue weighted by Gasteiger charge is 2.55. The van der Waals surface area contributed by atoms with E-state index in [1.54, 1.807) is 42.3 Å². The first-order valence-electron chi connectivity index (χ1n) is 22.8. The van der Waals surface area contributed by atoms with Crippen molar-refractivity contribution in [3.8, 4) is 17.0 Å². The maximum absolute atomic E-state index is 13.6. The number of carbonyl (C=O) groups excluding carboxylic acids is 3. The van der Waals surface area contributed by atoms with Crippen LogP contribution in [0.15, 0.2) is 30.5 Å². The highest BCUT2D eigenvalue weighted by molar-refractivity contribution is 5.79. The number of esters is 1. The third kappa shape index (κ3) is 18.3. The van der Waals surface area contributed by atoms with Gasteiger partial charge in [-0.15, -0.1) is 5.10 Å². The molecule has 4 rings (SSSR count). The van der Waals surface area contributed by atoms with E-state index in [1.165, 1.54) is 0 Å². The lowest BCUT2D eigenvalue weighted by atomic mass is 9.88. The van der Waals surface area contributed by atoms with Crippen LogP contribution in [0.2, 0.25) is 0 Å². The van der Waals surface area contributed by atoms with Crippen molar-refractivity contribution in [1.82, 2.24) is 25.6 Å². The fourth-order valence-corrected chi connectivity index (χ4v) is 6.94.